The van der Waals surface area contributed by atoms with E-state index in [4.69, 9.17) is 4.74 Å². The molecule has 0 aromatic heterocycles. The van der Waals surface area contributed by atoms with Gasteiger partial charge in [0, 0.05) is 32.9 Å². The van der Waals surface area contributed by atoms with Gasteiger partial charge in [0.05, 0.1) is 6.10 Å². The molecule has 18 heavy (non-hydrogen) atoms. The summed E-state index contributed by atoms with van der Waals surface area (Å²) in [5.41, 5.74) is -1.08. The summed E-state index contributed by atoms with van der Waals surface area (Å²) in [5, 5.41) is 9.60. The molecule has 104 valence electrons. The van der Waals surface area contributed by atoms with E-state index in [0.29, 0.717) is 26.0 Å². The topological polar surface area (TPSA) is 66.8 Å². The predicted molar refractivity (Wildman–Crippen MR) is 67.3 cm³/mol. The van der Waals surface area contributed by atoms with Gasteiger partial charge in [0.2, 0.25) is 5.91 Å². The average molecular weight is 257 g/mol. The normalized spacial score (nSPS) is 27.8. The minimum atomic E-state index is -1.08. The molecule has 0 saturated carbocycles. The molecule has 1 fully saturated rings. The zero-order valence-corrected chi connectivity index (χ0v) is 11.4. The summed E-state index contributed by atoms with van der Waals surface area (Å²) in [6, 6.07) is 0. The van der Waals surface area contributed by atoms with Crippen LogP contribution in [-0.2, 0) is 14.3 Å². The van der Waals surface area contributed by atoms with Crippen molar-refractivity contribution in [2.45, 2.75) is 58.1 Å². The second-order valence-corrected chi connectivity index (χ2v) is 4.86. The Kier molecular flexibility index (Phi) is 5.14. The Morgan fingerprint density at radius 2 is 2.11 bits per heavy atom. The summed E-state index contributed by atoms with van der Waals surface area (Å²) >= 11 is 0. The first kappa shape index (κ1) is 15.0. The predicted octanol–water partition coefficient (Wildman–Crippen LogP) is 1.66. The average Bonchev–Trinajstić information content (AvgIpc) is 2.35. The van der Waals surface area contributed by atoms with Gasteiger partial charge in [-0.3, -0.25) is 4.79 Å². The van der Waals surface area contributed by atoms with Crippen LogP contribution in [0.25, 0.3) is 0 Å². The summed E-state index contributed by atoms with van der Waals surface area (Å²) < 4.78 is 5.54. The zero-order valence-electron chi connectivity index (χ0n) is 11.4. The Hall–Kier alpha value is -1.10. The Bertz CT molecular complexity index is 318. The molecule has 0 spiro atoms. The molecule has 1 amide bonds. The Balaban J connectivity index is 3.04. The first-order chi connectivity index (χ1) is 8.47. The minimum Gasteiger partial charge on any atom is -0.479 e. The molecular weight excluding hydrogens is 234 g/mol. The van der Waals surface area contributed by atoms with E-state index < -0.39 is 11.5 Å². The molecule has 2 unspecified atom stereocenters. The summed E-state index contributed by atoms with van der Waals surface area (Å²) in [6.45, 7) is 6.25. The van der Waals surface area contributed by atoms with Crippen LogP contribution in [0.2, 0.25) is 0 Å². The third-order valence-electron chi connectivity index (χ3n) is 3.63. The number of aliphatic carboxylic acids is 1. The summed E-state index contributed by atoms with van der Waals surface area (Å²) in [4.78, 5) is 25.0. The van der Waals surface area contributed by atoms with Crippen molar-refractivity contribution in [2.75, 3.05) is 13.2 Å². The Morgan fingerprint density at radius 3 is 2.56 bits per heavy atom. The smallest absolute Gasteiger partial charge is 0.329 e. The van der Waals surface area contributed by atoms with Crippen LogP contribution >= 0.6 is 0 Å². The second kappa shape index (κ2) is 6.18. The van der Waals surface area contributed by atoms with Gasteiger partial charge in [-0.25, -0.2) is 4.79 Å². The maximum Gasteiger partial charge on any atom is 0.329 e. The van der Waals surface area contributed by atoms with Gasteiger partial charge in [-0.05, 0) is 12.8 Å². The number of nitrogens with zero attached hydrogens (tertiary/aromatic N) is 1. The van der Waals surface area contributed by atoms with Crippen LogP contribution < -0.4 is 0 Å². The molecule has 0 aliphatic carbocycles. The lowest BCUT2D eigenvalue weighted by atomic mass is 9.83. The molecular formula is C13H23NO4. The molecule has 0 aromatic rings. The number of hydrogen-bond donors (Lipinski definition) is 1. The molecule has 1 aliphatic heterocycles. The van der Waals surface area contributed by atoms with Gasteiger partial charge in [-0.2, -0.15) is 0 Å². The largest absolute Gasteiger partial charge is 0.479 e. The quantitative estimate of drug-likeness (QED) is 0.813. The van der Waals surface area contributed by atoms with Crippen molar-refractivity contribution in [1.82, 2.24) is 4.90 Å². The van der Waals surface area contributed by atoms with E-state index in [1.54, 1.807) is 0 Å². The SMILES string of the molecule is CCCN(C(C)=O)C1(C(=O)O)CCOC(CC)C1. The van der Waals surface area contributed by atoms with Gasteiger partial charge in [0.15, 0.2) is 0 Å². The van der Waals surface area contributed by atoms with E-state index in [-0.39, 0.29) is 12.0 Å². The summed E-state index contributed by atoms with van der Waals surface area (Å²) in [7, 11) is 0. The standard InChI is InChI=1S/C13H23NO4/c1-4-7-14(10(3)15)13(12(16)17)6-8-18-11(5-2)9-13/h11H,4-9H2,1-3H3,(H,16,17). The maximum atomic E-state index is 11.8. The Morgan fingerprint density at radius 1 is 1.44 bits per heavy atom. The number of carbonyl (C=O) groups is 2. The fraction of sp³-hybridized carbons (Fsp3) is 0.846. The van der Waals surface area contributed by atoms with Crippen LogP contribution in [0.3, 0.4) is 0 Å². The molecule has 1 saturated heterocycles. The van der Waals surface area contributed by atoms with E-state index in [2.05, 4.69) is 0 Å². The highest BCUT2D eigenvalue weighted by atomic mass is 16.5. The van der Waals surface area contributed by atoms with Crippen LogP contribution in [0.1, 0.15) is 46.5 Å². The number of amides is 1. The van der Waals surface area contributed by atoms with E-state index in [0.717, 1.165) is 12.8 Å². The third-order valence-corrected chi connectivity index (χ3v) is 3.63. The lowest BCUT2D eigenvalue weighted by Crippen LogP contribution is -2.60. The fourth-order valence-electron chi connectivity index (χ4n) is 2.65. The highest BCUT2D eigenvalue weighted by molar-refractivity contribution is 5.86. The van der Waals surface area contributed by atoms with Gasteiger partial charge in [-0.1, -0.05) is 13.8 Å². The van der Waals surface area contributed by atoms with Crippen molar-refractivity contribution >= 4 is 11.9 Å². The van der Waals surface area contributed by atoms with E-state index in [9.17, 15) is 14.7 Å². The first-order valence-corrected chi connectivity index (χ1v) is 6.61. The van der Waals surface area contributed by atoms with Gasteiger partial charge >= 0.3 is 5.97 Å². The van der Waals surface area contributed by atoms with Crippen molar-refractivity contribution in [3.05, 3.63) is 0 Å². The van der Waals surface area contributed by atoms with E-state index in [1.165, 1.54) is 11.8 Å². The number of hydrogen-bond acceptors (Lipinski definition) is 3. The molecule has 2 atom stereocenters. The van der Waals surface area contributed by atoms with Crippen molar-refractivity contribution in [1.29, 1.82) is 0 Å². The molecule has 1 rings (SSSR count). The van der Waals surface area contributed by atoms with Crippen molar-refractivity contribution in [2.24, 2.45) is 0 Å². The molecule has 0 bridgehead atoms. The van der Waals surface area contributed by atoms with Gasteiger partial charge in [0.25, 0.3) is 0 Å². The lowest BCUT2D eigenvalue weighted by Gasteiger charge is -2.45. The fourth-order valence-corrected chi connectivity index (χ4v) is 2.65. The van der Waals surface area contributed by atoms with Crippen LogP contribution in [0.15, 0.2) is 0 Å². The number of carboxylic acids is 1. The number of rotatable bonds is 5. The molecule has 1 heterocycles. The van der Waals surface area contributed by atoms with Gasteiger partial charge in [-0.15, -0.1) is 0 Å². The molecule has 5 heteroatoms. The summed E-state index contributed by atoms with van der Waals surface area (Å²) in [5.74, 6) is -1.08. The van der Waals surface area contributed by atoms with Crippen molar-refractivity contribution in [3.8, 4) is 0 Å². The van der Waals surface area contributed by atoms with Crippen molar-refractivity contribution in [3.63, 3.8) is 0 Å². The molecule has 1 aliphatic rings. The molecule has 1 N–H and O–H groups in total. The first-order valence-electron chi connectivity index (χ1n) is 6.61. The third kappa shape index (κ3) is 2.83. The zero-order chi connectivity index (χ0) is 13.8. The van der Waals surface area contributed by atoms with E-state index in [1.807, 2.05) is 13.8 Å². The highest BCUT2D eigenvalue weighted by Crippen LogP contribution is 2.33. The monoisotopic (exact) mass is 257 g/mol. The maximum absolute atomic E-state index is 11.8. The van der Waals surface area contributed by atoms with Gasteiger partial charge in [0.1, 0.15) is 5.54 Å². The van der Waals surface area contributed by atoms with Crippen molar-refractivity contribution < 1.29 is 19.4 Å². The highest BCUT2D eigenvalue weighted by Gasteiger charge is 2.48. The second-order valence-electron chi connectivity index (χ2n) is 4.86. The van der Waals surface area contributed by atoms with E-state index >= 15 is 0 Å². The molecule has 0 aromatic carbocycles. The van der Waals surface area contributed by atoms with Crippen LogP contribution in [0, 0.1) is 0 Å². The summed E-state index contributed by atoms with van der Waals surface area (Å²) in [6.07, 6.45) is 2.21. The number of ether oxygens (including phenoxy) is 1. The molecule has 0 radical (unpaired) electrons. The van der Waals surface area contributed by atoms with Crippen LogP contribution in [0.5, 0.6) is 0 Å². The minimum absolute atomic E-state index is 0.0754. The number of carbonyl (C=O) groups excluding carboxylic acids is 1. The van der Waals surface area contributed by atoms with Crippen LogP contribution in [-0.4, -0.2) is 46.7 Å². The van der Waals surface area contributed by atoms with Gasteiger partial charge < -0.3 is 14.7 Å². The van der Waals surface area contributed by atoms with Crippen LogP contribution in [0.4, 0.5) is 0 Å². The lowest BCUT2D eigenvalue weighted by molar-refractivity contribution is -0.170. The molecule has 5 nitrogen and oxygen atoms in total. The number of carboxylic acid groups (broad SMARTS) is 1. The Labute approximate surface area is 108 Å².